The van der Waals surface area contributed by atoms with Gasteiger partial charge in [0.15, 0.2) is 11.7 Å². The lowest BCUT2D eigenvalue weighted by molar-refractivity contribution is -0.384. The van der Waals surface area contributed by atoms with Gasteiger partial charge in [-0.25, -0.2) is 18.2 Å². The fourth-order valence-electron chi connectivity index (χ4n) is 2.35. The molecule has 0 bridgehead atoms. The fraction of sp³-hybridized carbons (Fsp3) is 0.0556. The van der Waals surface area contributed by atoms with E-state index in [4.69, 9.17) is 10.5 Å². The van der Waals surface area contributed by atoms with Crippen LogP contribution in [0.5, 0.6) is 0 Å². The van der Waals surface area contributed by atoms with E-state index in [1.54, 1.807) is 12.1 Å². The first-order chi connectivity index (χ1) is 14.7. The fourth-order valence-corrected chi connectivity index (χ4v) is 4.80. The number of para-hydroxylation sites is 1. The number of nitro benzene ring substituents is 1. The van der Waals surface area contributed by atoms with Gasteiger partial charge in [0, 0.05) is 17.8 Å². The molecule has 3 N–H and O–H groups in total. The Labute approximate surface area is 179 Å². The molecule has 11 nitrogen and oxygen atoms in total. The molecule has 0 radical (unpaired) electrons. The van der Waals surface area contributed by atoms with Gasteiger partial charge in [-0.2, -0.15) is 0 Å². The molecule has 0 aliphatic heterocycles. The monoisotopic (exact) mass is 462 g/mol. The number of anilines is 2. The number of thiazole rings is 1. The number of amides is 1. The van der Waals surface area contributed by atoms with Gasteiger partial charge in [0.05, 0.1) is 21.6 Å². The van der Waals surface area contributed by atoms with Crippen molar-refractivity contribution in [2.24, 2.45) is 0 Å². The predicted molar refractivity (Wildman–Crippen MR) is 110 cm³/mol. The molecule has 0 aliphatic rings. The molecule has 3 rings (SSSR count). The zero-order valence-electron chi connectivity index (χ0n) is 15.5. The number of esters is 1. The van der Waals surface area contributed by atoms with Gasteiger partial charge in [0.25, 0.3) is 11.6 Å². The lowest BCUT2D eigenvalue weighted by Gasteiger charge is -2.06. The van der Waals surface area contributed by atoms with Crippen LogP contribution in [0.1, 0.15) is 10.4 Å². The molecule has 13 heteroatoms. The number of rotatable bonds is 7. The number of hydrogen-bond donors (Lipinski definition) is 2. The molecule has 2 aromatic carbocycles. The Kier molecular flexibility index (Phi) is 6.27. The van der Waals surface area contributed by atoms with E-state index in [0.717, 1.165) is 30.5 Å². The van der Waals surface area contributed by atoms with Crippen molar-refractivity contribution in [3.8, 4) is 0 Å². The molecule has 0 spiro atoms. The summed E-state index contributed by atoms with van der Waals surface area (Å²) in [7, 11) is -3.98. The average Bonchev–Trinajstić information content (AvgIpc) is 3.21. The molecule has 0 fully saturated rings. The molecular weight excluding hydrogens is 448 g/mol. The van der Waals surface area contributed by atoms with Gasteiger partial charge in [-0.1, -0.05) is 23.5 Å². The number of nitrogen functional groups attached to an aromatic ring is 1. The number of nitrogens with two attached hydrogens (primary N) is 1. The summed E-state index contributed by atoms with van der Waals surface area (Å²) in [5, 5.41) is 13.0. The highest BCUT2D eigenvalue weighted by atomic mass is 32.2. The summed E-state index contributed by atoms with van der Waals surface area (Å²) in [4.78, 5) is 37.7. The van der Waals surface area contributed by atoms with Gasteiger partial charge in [0.2, 0.25) is 9.84 Å². The van der Waals surface area contributed by atoms with Crippen molar-refractivity contribution < 1.29 is 27.7 Å². The molecule has 0 aliphatic carbocycles. The van der Waals surface area contributed by atoms with Gasteiger partial charge < -0.3 is 10.5 Å². The standard InChI is InChI=1S/C18H14N4O7S2/c19-14-4-2-1-3-13(14)17(24)29-10-15(23)21-18-20-9-16(30-18)31(27,28)12-7-5-11(6-8-12)22(25)26/h1-9H,10,19H2,(H,20,21,23). The first-order valence-electron chi connectivity index (χ1n) is 8.45. The SMILES string of the molecule is Nc1ccccc1C(=O)OCC(=O)Nc1ncc(S(=O)(=O)c2ccc([N+](=O)[O-])cc2)s1. The number of nitro groups is 1. The van der Waals surface area contributed by atoms with Gasteiger partial charge in [-0.15, -0.1) is 0 Å². The van der Waals surface area contributed by atoms with Gasteiger partial charge in [-0.3, -0.25) is 20.2 Å². The molecule has 1 heterocycles. The minimum Gasteiger partial charge on any atom is -0.452 e. The number of non-ortho nitro benzene ring substituents is 1. The van der Waals surface area contributed by atoms with Crippen molar-refractivity contribution in [2.75, 3.05) is 17.7 Å². The second kappa shape index (κ2) is 8.89. The number of sulfone groups is 1. The van der Waals surface area contributed by atoms with Crippen LogP contribution in [0.4, 0.5) is 16.5 Å². The van der Waals surface area contributed by atoms with E-state index >= 15 is 0 Å². The van der Waals surface area contributed by atoms with Crippen LogP contribution in [0, 0.1) is 10.1 Å². The summed E-state index contributed by atoms with van der Waals surface area (Å²) in [6.45, 7) is -0.628. The Hall–Kier alpha value is -3.84. The van der Waals surface area contributed by atoms with Crippen LogP contribution in [-0.2, 0) is 19.4 Å². The zero-order valence-corrected chi connectivity index (χ0v) is 17.2. The normalized spacial score (nSPS) is 11.0. The molecule has 31 heavy (non-hydrogen) atoms. The van der Waals surface area contributed by atoms with E-state index in [2.05, 4.69) is 10.3 Å². The summed E-state index contributed by atoms with van der Waals surface area (Å²) >= 11 is 0.681. The average molecular weight is 462 g/mol. The third-order valence-corrected chi connectivity index (χ3v) is 7.01. The topological polar surface area (TPSA) is 172 Å². The number of nitrogens with one attached hydrogen (secondary N) is 1. The van der Waals surface area contributed by atoms with Gasteiger partial charge in [-0.05, 0) is 24.3 Å². The largest absolute Gasteiger partial charge is 0.452 e. The smallest absolute Gasteiger partial charge is 0.340 e. The quantitative estimate of drug-likeness (QED) is 0.231. The summed E-state index contributed by atoms with van der Waals surface area (Å²) in [6.07, 6.45) is 1.05. The lowest BCUT2D eigenvalue weighted by atomic mass is 10.2. The van der Waals surface area contributed by atoms with Gasteiger partial charge >= 0.3 is 5.97 Å². The Balaban J connectivity index is 1.63. The van der Waals surface area contributed by atoms with Crippen LogP contribution in [0.15, 0.2) is 63.8 Å². The number of benzene rings is 2. The van der Waals surface area contributed by atoms with Crippen molar-refractivity contribution in [2.45, 2.75) is 9.10 Å². The van der Waals surface area contributed by atoms with Crippen molar-refractivity contribution in [3.63, 3.8) is 0 Å². The zero-order chi connectivity index (χ0) is 22.6. The number of carbonyl (C=O) groups is 2. The molecular formula is C18H14N4O7S2. The maximum absolute atomic E-state index is 12.6. The molecule has 3 aromatic rings. The van der Waals surface area contributed by atoms with Crippen LogP contribution < -0.4 is 11.1 Å². The summed E-state index contributed by atoms with van der Waals surface area (Å²) in [5.74, 6) is -1.51. The molecule has 0 unspecified atom stereocenters. The minimum atomic E-state index is -3.98. The third-order valence-electron chi connectivity index (χ3n) is 3.87. The first kappa shape index (κ1) is 21.9. The van der Waals surface area contributed by atoms with E-state index < -0.39 is 33.2 Å². The second-order valence-corrected chi connectivity index (χ2v) is 9.16. The highest BCUT2D eigenvalue weighted by Crippen LogP contribution is 2.29. The van der Waals surface area contributed by atoms with Crippen molar-refractivity contribution in [3.05, 3.63) is 70.4 Å². The highest BCUT2D eigenvalue weighted by Gasteiger charge is 2.22. The van der Waals surface area contributed by atoms with E-state index in [1.165, 1.54) is 12.1 Å². The Morgan fingerprint density at radius 3 is 2.48 bits per heavy atom. The van der Waals surface area contributed by atoms with Gasteiger partial charge in [0.1, 0.15) is 4.21 Å². The lowest BCUT2D eigenvalue weighted by Crippen LogP contribution is -2.21. The van der Waals surface area contributed by atoms with Crippen molar-refractivity contribution in [1.82, 2.24) is 4.98 Å². The Morgan fingerprint density at radius 2 is 1.84 bits per heavy atom. The predicted octanol–water partition coefficient (Wildman–Crippen LogP) is 2.26. The maximum atomic E-state index is 12.6. The Bertz CT molecular complexity index is 1250. The second-order valence-electron chi connectivity index (χ2n) is 5.95. The number of ether oxygens (including phenoxy) is 1. The Morgan fingerprint density at radius 1 is 1.16 bits per heavy atom. The van der Waals surface area contributed by atoms with Crippen LogP contribution in [0.3, 0.4) is 0 Å². The summed E-state index contributed by atoms with van der Waals surface area (Å²) in [5.41, 5.74) is 5.73. The third kappa shape index (κ3) is 5.02. The van der Waals surface area contributed by atoms with Crippen LogP contribution in [0.2, 0.25) is 0 Å². The van der Waals surface area contributed by atoms with E-state index in [-0.39, 0.29) is 31.2 Å². The number of hydrogen-bond acceptors (Lipinski definition) is 10. The van der Waals surface area contributed by atoms with E-state index in [0.29, 0.717) is 11.3 Å². The molecule has 0 atom stereocenters. The number of nitrogens with zero attached hydrogens (tertiary/aromatic N) is 2. The highest BCUT2D eigenvalue weighted by molar-refractivity contribution is 7.93. The maximum Gasteiger partial charge on any atom is 0.340 e. The van der Waals surface area contributed by atoms with Crippen LogP contribution >= 0.6 is 11.3 Å². The van der Waals surface area contributed by atoms with E-state index in [9.17, 15) is 28.1 Å². The first-order valence-corrected chi connectivity index (χ1v) is 10.8. The van der Waals surface area contributed by atoms with E-state index in [1.807, 2.05) is 0 Å². The van der Waals surface area contributed by atoms with Crippen LogP contribution in [-0.4, -0.2) is 36.8 Å². The minimum absolute atomic E-state index is 0.0271. The summed E-state index contributed by atoms with van der Waals surface area (Å²) < 4.78 is 30.0. The molecule has 0 saturated heterocycles. The molecule has 1 amide bonds. The van der Waals surface area contributed by atoms with Crippen LogP contribution in [0.25, 0.3) is 0 Å². The summed E-state index contributed by atoms with van der Waals surface area (Å²) in [6, 6.07) is 10.6. The number of carbonyl (C=O) groups excluding carboxylic acids is 2. The molecule has 0 saturated carbocycles. The van der Waals surface area contributed by atoms with Crippen molar-refractivity contribution in [1.29, 1.82) is 0 Å². The van der Waals surface area contributed by atoms with Crippen molar-refractivity contribution >= 4 is 49.6 Å². The molecule has 1 aromatic heterocycles. The molecule has 160 valence electrons. The number of aromatic nitrogens is 1.